The SMILES string of the molecule is CC(C)O[C@H]([C@@H]1CNCCO1)C(F)(F)F. The Hall–Kier alpha value is -0.330. The van der Waals surface area contributed by atoms with E-state index in [0.717, 1.165) is 0 Å². The Bertz CT molecular complexity index is 190. The smallest absolute Gasteiger partial charge is 0.372 e. The highest BCUT2D eigenvalue weighted by Gasteiger charge is 2.47. The van der Waals surface area contributed by atoms with Gasteiger partial charge in [-0.2, -0.15) is 13.2 Å². The van der Waals surface area contributed by atoms with Crippen LogP contribution in [0, 0.1) is 0 Å². The molecule has 1 fully saturated rings. The van der Waals surface area contributed by atoms with Gasteiger partial charge in [-0.25, -0.2) is 0 Å². The minimum absolute atomic E-state index is 0.177. The summed E-state index contributed by atoms with van der Waals surface area (Å²) in [6.07, 6.45) is -7.64. The number of nitrogens with one attached hydrogen (secondary N) is 1. The van der Waals surface area contributed by atoms with Crippen LogP contribution in [-0.2, 0) is 9.47 Å². The van der Waals surface area contributed by atoms with Crippen molar-refractivity contribution < 1.29 is 22.6 Å². The molecular weight excluding hydrogens is 211 g/mol. The van der Waals surface area contributed by atoms with Crippen molar-refractivity contribution in [1.82, 2.24) is 5.32 Å². The predicted molar refractivity (Wildman–Crippen MR) is 48.7 cm³/mol. The van der Waals surface area contributed by atoms with Crippen molar-refractivity contribution in [1.29, 1.82) is 0 Å². The largest absolute Gasteiger partial charge is 0.417 e. The Morgan fingerprint density at radius 1 is 1.40 bits per heavy atom. The van der Waals surface area contributed by atoms with Gasteiger partial charge < -0.3 is 14.8 Å². The van der Waals surface area contributed by atoms with Gasteiger partial charge in [-0.15, -0.1) is 0 Å². The summed E-state index contributed by atoms with van der Waals surface area (Å²) >= 11 is 0. The molecule has 1 aliphatic rings. The molecule has 1 heterocycles. The minimum Gasteiger partial charge on any atom is -0.372 e. The molecule has 0 radical (unpaired) electrons. The molecule has 0 aromatic rings. The summed E-state index contributed by atoms with van der Waals surface area (Å²) in [4.78, 5) is 0. The molecule has 6 heteroatoms. The molecule has 0 aliphatic carbocycles. The van der Waals surface area contributed by atoms with E-state index in [9.17, 15) is 13.2 Å². The quantitative estimate of drug-likeness (QED) is 0.789. The molecule has 2 atom stereocenters. The van der Waals surface area contributed by atoms with Crippen LogP contribution in [0.2, 0.25) is 0 Å². The van der Waals surface area contributed by atoms with Crippen molar-refractivity contribution in [3.05, 3.63) is 0 Å². The van der Waals surface area contributed by atoms with Crippen molar-refractivity contribution in [2.24, 2.45) is 0 Å². The van der Waals surface area contributed by atoms with Crippen LogP contribution in [0.25, 0.3) is 0 Å². The Labute approximate surface area is 86.9 Å². The third-order valence-corrected chi connectivity index (χ3v) is 2.04. The molecule has 0 amide bonds. The average Bonchev–Trinajstić information content (AvgIpc) is 2.14. The second-order valence-corrected chi connectivity index (χ2v) is 3.76. The van der Waals surface area contributed by atoms with Crippen molar-refractivity contribution in [2.75, 3.05) is 19.7 Å². The fourth-order valence-electron chi connectivity index (χ4n) is 1.45. The van der Waals surface area contributed by atoms with E-state index < -0.39 is 24.5 Å². The van der Waals surface area contributed by atoms with Crippen LogP contribution >= 0.6 is 0 Å². The molecule has 15 heavy (non-hydrogen) atoms. The number of morpholine rings is 1. The molecule has 0 unspecified atom stereocenters. The molecule has 90 valence electrons. The first-order valence-electron chi connectivity index (χ1n) is 4.95. The molecule has 0 saturated carbocycles. The van der Waals surface area contributed by atoms with Gasteiger partial charge in [0, 0.05) is 13.1 Å². The van der Waals surface area contributed by atoms with Crippen molar-refractivity contribution >= 4 is 0 Å². The molecule has 1 N–H and O–H groups in total. The fourth-order valence-corrected chi connectivity index (χ4v) is 1.45. The van der Waals surface area contributed by atoms with Gasteiger partial charge in [0.15, 0.2) is 6.10 Å². The first-order chi connectivity index (χ1) is 6.91. The lowest BCUT2D eigenvalue weighted by Crippen LogP contribution is -2.52. The maximum atomic E-state index is 12.6. The standard InChI is InChI=1S/C9H16F3NO2/c1-6(2)15-8(9(10,11)12)7-5-13-3-4-14-7/h6-8,13H,3-5H2,1-2H3/t7-,8+/m0/s1. The van der Waals surface area contributed by atoms with Gasteiger partial charge >= 0.3 is 6.18 Å². The van der Waals surface area contributed by atoms with Gasteiger partial charge in [-0.3, -0.25) is 0 Å². The maximum Gasteiger partial charge on any atom is 0.417 e. The zero-order valence-electron chi connectivity index (χ0n) is 8.80. The number of hydrogen-bond acceptors (Lipinski definition) is 3. The van der Waals surface area contributed by atoms with Crippen molar-refractivity contribution in [2.45, 2.75) is 38.3 Å². The van der Waals surface area contributed by atoms with E-state index in [2.05, 4.69) is 5.32 Å². The fraction of sp³-hybridized carbons (Fsp3) is 1.00. The van der Waals surface area contributed by atoms with Crippen LogP contribution in [-0.4, -0.2) is 44.2 Å². The molecule has 3 nitrogen and oxygen atoms in total. The Balaban J connectivity index is 2.61. The summed E-state index contributed by atoms with van der Waals surface area (Å²) in [6, 6.07) is 0. The minimum atomic E-state index is -4.38. The number of hydrogen-bond donors (Lipinski definition) is 1. The third kappa shape index (κ3) is 3.96. The van der Waals surface area contributed by atoms with E-state index in [-0.39, 0.29) is 6.54 Å². The first kappa shape index (κ1) is 12.7. The summed E-state index contributed by atoms with van der Waals surface area (Å²) in [5.74, 6) is 0. The van der Waals surface area contributed by atoms with Crippen LogP contribution in [0.4, 0.5) is 13.2 Å². The van der Waals surface area contributed by atoms with Crippen LogP contribution in [0.1, 0.15) is 13.8 Å². The van der Waals surface area contributed by atoms with Gasteiger partial charge in [-0.05, 0) is 13.8 Å². The van der Waals surface area contributed by atoms with E-state index in [4.69, 9.17) is 9.47 Å². The second-order valence-electron chi connectivity index (χ2n) is 3.76. The first-order valence-corrected chi connectivity index (χ1v) is 4.95. The maximum absolute atomic E-state index is 12.6. The van der Waals surface area contributed by atoms with Crippen LogP contribution in [0.3, 0.4) is 0 Å². The van der Waals surface area contributed by atoms with Gasteiger partial charge in [0.1, 0.15) is 6.10 Å². The summed E-state index contributed by atoms with van der Waals surface area (Å²) in [5.41, 5.74) is 0. The van der Waals surface area contributed by atoms with Gasteiger partial charge in [-0.1, -0.05) is 0 Å². The van der Waals surface area contributed by atoms with E-state index in [1.165, 1.54) is 0 Å². The van der Waals surface area contributed by atoms with Gasteiger partial charge in [0.25, 0.3) is 0 Å². The number of alkyl halides is 3. The molecular formula is C9H16F3NO2. The van der Waals surface area contributed by atoms with Crippen LogP contribution < -0.4 is 5.32 Å². The van der Waals surface area contributed by atoms with Crippen molar-refractivity contribution in [3.63, 3.8) is 0 Å². The average molecular weight is 227 g/mol. The normalized spacial score (nSPS) is 25.6. The molecule has 1 saturated heterocycles. The molecule has 0 aromatic heterocycles. The van der Waals surface area contributed by atoms with E-state index in [1.54, 1.807) is 13.8 Å². The molecule has 1 rings (SSSR count). The lowest BCUT2D eigenvalue weighted by molar-refractivity contribution is -0.263. The highest BCUT2D eigenvalue weighted by Crippen LogP contribution is 2.28. The zero-order valence-corrected chi connectivity index (χ0v) is 8.80. The van der Waals surface area contributed by atoms with Crippen LogP contribution in [0.5, 0.6) is 0 Å². The summed E-state index contributed by atoms with van der Waals surface area (Å²) in [5, 5.41) is 2.86. The topological polar surface area (TPSA) is 30.5 Å². The summed E-state index contributed by atoms with van der Waals surface area (Å²) in [7, 11) is 0. The van der Waals surface area contributed by atoms with E-state index in [1.807, 2.05) is 0 Å². The van der Waals surface area contributed by atoms with Gasteiger partial charge in [0.05, 0.1) is 12.7 Å². The number of ether oxygens (including phenoxy) is 2. The highest BCUT2D eigenvalue weighted by molar-refractivity contribution is 4.82. The van der Waals surface area contributed by atoms with Crippen LogP contribution in [0.15, 0.2) is 0 Å². The lowest BCUT2D eigenvalue weighted by atomic mass is 10.1. The highest BCUT2D eigenvalue weighted by atomic mass is 19.4. The van der Waals surface area contributed by atoms with E-state index >= 15 is 0 Å². The number of rotatable bonds is 3. The third-order valence-electron chi connectivity index (χ3n) is 2.04. The number of halogens is 3. The Kier molecular flexibility index (Phi) is 4.36. The Morgan fingerprint density at radius 2 is 2.07 bits per heavy atom. The lowest BCUT2D eigenvalue weighted by Gasteiger charge is -2.33. The monoisotopic (exact) mass is 227 g/mol. The van der Waals surface area contributed by atoms with Gasteiger partial charge in [0.2, 0.25) is 0 Å². The van der Waals surface area contributed by atoms with Crippen molar-refractivity contribution in [3.8, 4) is 0 Å². The molecule has 0 bridgehead atoms. The molecule has 0 aromatic carbocycles. The predicted octanol–water partition coefficient (Wildman–Crippen LogP) is 1.33. The molecule has 1 aliphatic heterocycles. The summed E-state index contributed by atoms with van der Waals surface area (Å²) < 4.78 is 47.8. The summed E-state index contributed by atoms with van der Waals surface area (Å²) in [6.45, 7) is 4.21. The molecule has 0 spiro atoms. The Morgan fingerprint density at radius 3 is 2.47 bits per heavy atom. The second kappa shape index (κ2) is 5.14. The van der Waals surface area contributed by atoms with E-state index in [0.29, 0.717) is 13.2 Å². The zero-order chi connectivity index (χ0) is 11.5.